The Kier molecular flexibility index (Phi) is 3.65. The molecule has 2 aromatic rings. The van der Waals surface area contributed by atoms with Crippen LogP contribution in [0.2, 0.25) is 0 Å². The van der Waals surface area contributed by atoms with Gasteiger partial charge in [0.25, 0.3) is 0 Å². The maximum Gasteiger partial charge on any atom is 0.335 e. The average molecular weight is 282 g/mol. The number of carboxylic acid groups (broad SMARTS) is 1. The molecule has 21 heavy (non-hydrogen) atoms. The molecule has 3 heteroatoms. The monoisotopic (exact) mass is 282 g/mol. The van der Waals surface area contributed by atoms with Crippen molar-refractivity contribution in [3.05, 3.63) is 58.7 Å². The predicted molar refractivity (Wildman–Crippen MR) is 81.3 cm³/mol. The van der Waals surface area contributed by atoms with E-state index in [1.165, 1.54) is 24.0 Å². The molecule has 0 unspecified atom stereocenters. The van der Waals surface area contributed by atoms with Gasteiger partial charge in [-0.3, -0.25) is 0 Å². The molecule has 3 nitrogen and oxygen atoms in total. The molecule has 0 amide bonds. The lowest BCUT2D eigenvalue weighted by Crippen LogP contribution is -2.02. The summed E-state index contributed by atoms with van der Waals surface area (Å²) in [6, 6.07) is 11.1. The van der Waals surface area contributed by atoms with Gasteiger partial charge in [-0.25, -0.2) is 4.79 Å². The molecular weight excluding hydrogens is 264 g/mol. The first-order valence-corrected chi connectivity index (χ1v) is 7.27. The van der Waals surface area contributed by atoms with Gasteiger partial charge in [0.1, 0.15) is 11.5 Å². The topological polar surface area (TPSA) is 46.5 Å². The number of fused-ring (bicyclic) bond motifs is 1. The van der Waals surface area contributed by atoms with E-state index in [0.717, 1.165) is 24.2 Å². The van der Waals surface area contributed by atoms with Crippen LogP contribution < -0.4 is 4.74 Å². The van der Waals surface area contributed by atoms with Crippen LogP contribution in [0, 0.1) is 6.92 Å². The van der Waals surface area contributed by atoms with E-state index in [1.807, 2.05) is 13.0 Å². The molecule has 0 saturated heterocycles. The van der Waals surface area contributed by atoms with Crippen LogP contribution in [-0.2, 0) is 12.8 Å². The molecular formula is C18H18O3. The summed E-state index contributed by atoms with van der Waals surface area (Å²) in [4.78, 5) is 11.1. The highest BCUT2D eigenvalue weighted by Crippen LogP contribution is 2.30. The number of aryl methyl sites for hydroxylation is 3. The van der Waals surface area contributed by atoms with Gasteiger partial charge >= 0.3 is 5.97 Å². The van der Waals surface area contributed by atoms with Gasteiger partial charge < -0.3 is 9.84 Å². The Morgan fingerprint density at radius 1 is 1.05 bits per heavy atom. The number of carbonyl (C=O) groups is 1. The maximum absolute atomic E-state index is 11.1. The van der Waals surface area contributed by atoms with Crippen molar-refractivity contribution >= 4 is 5.97 Å². The van der Waals surface area contributed by atoms with Crippen LogP contribution in [0.1, 0.15) is 39.9 Å². The molecule has 0 atom stereocenters. The fourth-order valence-corrected chi connectivity index (χ4v) is 2.74. The fraction of sp³-hybridized carbons (Fsp3) is 0.278. The van der Waals surface area contributed by atoms with E-state index in [4.69, 9.17) is 9.84 Å². The second kappa shape index (κ2) is 5.60. The van der Waals surface area contributed by atoms with E-state index in [9.17, 15) is 4.79 Å². The Balaban J connectivity index is 1.89. The van der Waals surface area contributed by atoms with Crippen molar-refractivity contribution in [3.8, 4) is 11.5 Å². The van der Waals surface area contributed by atoms with Crippen LogP contribution in [0.15, 0.2) is 36.4 Å². The maximum atomic E-state index is 11.1. The van der Waals surface area contributed by atoms with Crippen molar-refractivity contribution in [2.45, 2.75) is 32.6 Å². The number of aromatic carboxylic acids is 1. The fourth-order valence-electron chi connectivity index (χ4n) is 2.74. The minimum atomic E-state index is -0.940. The van der Waals surface area contributed by atoms with Gasteiger partial charge in [-0.15, -0.1) is 0 Å². The van der Waals surface area contributed by atoms with Crippen molar-refractivity contribution < 1.29 is 14.6 Å². The molecule has 0 aromatic heterocycles. The van der Waals surface area contributed by atoms with Crippen molar-refractivity contribution in [2.24, 2.45) is 0 Å². The van der Waals surface area contributed by atoms with Crippen LogP contribution in [0.3, 0.4) is 0 Å². The van der Waals surface area contributed by atoms with Gasteiger partial charge in [-0.1, -0.05) is 12.1 Å². The summed E-state index contributed by atoms with van der Waals surface area (Å²) >= 11 is 0. The lowest BCUT2D eigenvalue weighted by molar-refractivity contribution is 0.0696. The molecule has 0 bridgehead atoms. The van der Waals surface area contributed by atoms with Crippen molar-refractivity contribution in [2.75, 3.05) is 0 Å². The third-order valence-corrected chi connectivity index (χ3v) is 3.98. The van der Waals surface area contributed by atoms with Crippen LogP contribution in [0.25, 0.3) is 0 Å². The Morgan fingerprint density at radius 3 is 2.57 bits per heavy atom. The Hall–Kier alpha value is -2.29. The van der Waals surface area contributed by atoms with E-state index < -0.39 is 5.97 Å². The summed E-state index contributed by atoms with van der Waals surface area (Å²) in [5, 5.41) is 9.07. The second-order valence-corrected chi connectivity index (χ2v) is 5.53. The summed E-state index contributed by atoms with van der Waals surface area (Å²) < 4.78 is 5.90. The van der Waals surface area contributed by atoms with Gasteiger partial charge in [-0.05, 0) is 73.6 Å². The molecule has 108 valence electrons. The zero-order valence-corrected chi connectivity index (χ0v) is 12.1. The van der Waals surface area contributed by atoms with Crippen molar-refractivity contribution in [1.82, 2.24) is 0 Å². The van der Waals surface area contributed by atoms with Gasteiger partial charge in [0.2, 0.25) is 0 Å². The highest BCUT2D eigenvalue weighted by atomic mass is 16.5. The van der Waals surface area contributed by atoms with Gasteiger partial charge in [-0.2, -0.15) is 0 Å². The van der Waals surface area contributed by atoms with E-state index in [1.54, 1.807) is 18.2 Å². The highest BCUT2D eigenvalue weighted by molar-refractivity contribution is 5.88. The molecule has 0 spiro atoms. The number of hydrogen-bond acceptors (Lipinski definition) is 2. The van der Waals surface area contributed by atoms with Crippen LogP contribution in [0.4, 0.5) is 0 Å². The quantitative estimate of drug-likeness (QED) is 0.909. The number of benzene rings is 2. The molecule has 1 N–H and O–H groups in total. The van der Waals surface area contributed by atoms with E-state index in [-0.39, 0.29) is 5.56 Å². The smallest absolute Gasteiger partial charge is 0.335 e. The predicted octanol–water partition coefficient (Wildman–Crippen LogP) is 4.36. The molecule has 0 heterocycles. The van der Waals surface area contributed by atoms with Crippen molar-refractivity contribution in [3.63, 3.8) is 0 Å². The number of hydrogen-bond donors (Lipinski definition) is 1. The number of rotatable bonds is 3. The zero-order valence-electron chi connectivity index (χ0n) is 12.1. The second-order valence-electron chi connectivity index (χ2n) is 5.53. The molecule has 1 aliphatic rings. The normalized spacial score (nSPS) is 13.6. The first kappa shape index (κ1) is 13.7. The largest absolute Gasteiger partial charge is 0.478 e. The molecule has 0 aliphatic heterocycles. The van der Waals surface area contributed by atoms with Gasteiger partial charge in [0, 0.05) is 0 Å². The van der Waals surface area contributed by atoms with Gasteiger partial charge in [0.15, 0.2) is 0 Å². The minimum absolute atomic E-state index is 0.244. The van der Waals surface area contributed by atoms with Crippen LogP contribution >= 0.6 is 0 Å². The Bertz CT molecular complexity index is 689. The number of ether oxygens (including phenoxy) is 1. The average Bonchev–Trinajstić information content (AvgIpc) is 2.49. The molecule has 0 fully saturated rings. The zero-order chi connectivity index (χ0) is 14.8. The Labute approximate surface area is 124 Å². The highest BCUT2D eigenvalue weighted by Gasteiger charge is 2.12. The summed E-state index contributed by atoms with van der Waals surface area (Å²) in [5.74, 6) is 0.442. The summed E-state index contributed by atoms with van der Waals surface area (Å²) in [6.45, 7) is 1.92. The molecule has 2 aromatic carbocycles. The van der Waals surface area contributed by atoms with Crippen molar-refractivity contribution in [1.29, 1.82) is 0 Å². The SMILES string of the molecule is Cc1ccc(C(=O)O)cc1Oc1ccc2c(c1)CCCC2. The Morgan fingerprint density at radius 2 is 1.81 bits per heavy atom. The first-order valence-electron chi connectivity index (χ1n) is 7.27. The van der Waals surface area contributed by atoms with Crippen LogP contribution in [0.5, 0.6) is 11.5 Å². The first-order chi connectivity index (χ1) is 10.1. The minimum Gasteiger partial charge on any atom is -0.478 e. The third-order valence-electron chi connectivity index (χ3n) is 3.98. The number of carboxylic acids is 1. The van der Waals surface area contributed by atoms with E-state index >= 15 is 0 Å². The molecule has 0 saturated carbocycles. The summed E-state index contributed by atoms with van der Waals surface area (Å²) in [5.41, 5.74) is 3.93. The van der Waals surface area contributed by atoms with Crippen LogP contribution in [-0.4, -0.2) is 11.1 Å². The van der Waals surface area contributed by atoms with E-state index in [0.29, 0.717) is 5.75 Å². The van der Waals surface area contributed by atoms with E-state index in [2.05, 4.69) is 12.1 Å². The lowest BCUT2D eigenvalue weighted by atomic mass is 9.92. The molecule has 0 radical (unpaired) electrons. The van der Waals surface area contributed by atoms with Gasteiger partial charge in [0.05, 0.1) is 5.56 Å². The standard InChI is InChI=1S/C18H18O3/c1-12-6-7-15(18(19)20)11-17(12)21-16-9-8-13-4-2-3-5-14(13)10-16/h6-11H,2-5H2,1H3,(H,19,20). The summed E-state index contributed by atoms with van der Waals surface area (Å²) in [7, 11) is 0. The third kappa shape index (κ3) is 2.92. The molecule has 1 aliphatic carbocycles. The summed E-state index contributed by atoms with van der Waals surface area (Å²) in [6.07, 6.45) is 4.72. The molecule has 3 rings (SSSR count). The lowest BCUT2D eigenvalue weighted by Gasteiger charge is -2.17.